The number of aliphatic carboxylic acids is 1. The van der Waals surface area contributed by atoms with E-state index in [1.807, 2.05) is 0 Å². The zero-order valence-corrected chi connectivity index (χ0v) is 15.9. The van der Waals surface area contributed by atoms with Crippen LogP contribution in [0.1, 0.15) is 65.2 Å². The maximum atomic E-state index is 10.6. The number of allylic oxidation sites excluding steroid dienone is 2. The summed E-state index contributed by atoms with van der Waals surface area (Å²) < 4.78 is 0. The Morgan fingerprint density at radius 2 is 2.00 bits per heavy atom. The van der Waals surface area contributed by atoms with Crippen molar-refractivity contribution >= 4 is 11.7 Å². The van der Waals surface area contributed by atoms with Gasteiger partial charge in [-0.15, -0.1) is 0 Å². The Kier molecular flexibility index (Phi) is 4.41. The predicted molar refractivity (Wildman–Crippen MR) is 98.7 cm³/mol. The fourth-order valence-corrected chi connectivity index (χ4v) is 6.79. The molecule has 0 spiro atoms. The van der Waals surface area contributed by atoms with Crippen molar-refractivity contribution in [1.29, 1.82) is 0 Å². The summed E-state index contributed by atoms with van der Waals surface area (Å²) in [6, 6.07) is 0. The Bertz CT molecular complexity index is 656. The molecule has 0 amide bonds. The van der Waals surface area contributed by atoms with Crippen molar-refractivity contribution in [1.82, 2.24) is 0 Å². The van der Waals surface area contributed by atoms with Crippen molar-refractivity contribution < 1.29 is 19.8 Å². The largest absolute Gasteiger partial charge is 0.479 e. The molecule has 0 aliphatic heterocycles. The van der Waals surface area contributed by atoms with Crippen LogP contribution in [0.5, 0.6) is 0 Å². The number of oxime groups is 1. The maximum absolute atomic E-state index is 10.6. The second-order valence-electron chi connectivity index (χ2n) is 9.39. The summed E-state index contributed by atoms with van der Waals surface area (Å²) in [5.74, 6) is 1.11. The second kappa shape index (κ2) is 6.36. The van der Waals surface area contributed by atoms with Crippen LogP contribution in [0.4, 0.5) is 0 Å². The molecule has 144 valence electrons. The molecule has 4 rings (SSSR count). The number of aliphatic hydroxyl groups is 1. The minimum Gasteiger partial charge on any atom is -0.479 e. The fraction of sp³-hybridized carbons (Fsp3) is 0.810. The molecule has 0 aromatic heterocycles. The number of carboxylic acid groups (broad SMARTS) is 1. The molecule has 5 nitrogen and oxygen atoms in total. The van der Waals surface area contributed by atoms with Gasteiger partial charge in [0.25, 0.3) is 0 Å². The van der Waals surface area contributed by atoms with Crippen LogP contribution in [0.3, 0.4) is 0 Å². The quantitative estimate of drug-likeness (QED) is 0.750. The number of rotatable bonds is 3. The molecule has 0 bridgehead atoms. The Hall–Kier alpha value is -1.36. The predicted octanol–water partition coefficient (Wildman–Crippen LogP) is 3.77. The topological polar surface area (TPSA) is 79.1 Å². The first kappa shape index (κ1) is 18.0. The van der Waals surface area contributed by atoms with Crippen molar-refractivity contribution in [2.24, 2.45) is 33.7 Å². The van der Waals surface area contributed by atoms with Gasteiger partial charge in [-0.3, -0.25) is 0 Å². The molecule has 5 heteroatoms. The summed E-state index contributed by atoms with van der Waals surface area (Å²) in [6.07, 6.45) is 10.8. The van der Waals surface area contributed by atoms with Gasteiger partial charge in [-0.2, -0.15) is 0 Å². The highest BCUT2D eigenvalue weighted by Gasteiger charge is 2.58. The van der Waals surface area contributed by atoms with Crippen molar-refractivity contribution in [2.45, 2.75) is 71.3 Å². The summed E-state index contributed by atoms with van der Waals surface area (Å²) >= 11 is 0. The number of nitrogens with zero attached hydrogens (tertiary/aromatic N) is 1. The highest BCUT2D eigenvalue weighted by molar-refractivity contribution is 5.96. The zero-order valence-electron chi connectivity index (χ0n) is 15.9. The number of carboxylic acids is 1. The third-order valence-corrected chi connectivity index (χ3v) is 8.30. The molecule has 0 radical (unpaired) electrons. The van der Waals surface area contributed by atoms with Gasteiger partial charge in [0.1, 0.15) is 0 Å². The molecule has 0 heterocycles. The molecule has 0 unspecified atom stereocenters. The van der Waals surface area contributed by atoms with Crippen molar-refractivity contribution in [3.05, 3.63) is 11.6 Å². The Labute approximate surface area is 155 Å². The molecule has 0 aromatic carbocycles. The average molecular weight is 361 g/mol. The first-order valence-corrected chi connectivity index (χ1v) is 10.1. The second-order valence-corrected chi connectivity index (χ2v) is 9.39. The third kappa shape index (κ3) is 2.70. The van der Waals surface area contributed by atoms with Gasteiger partial charge in [0.2, 0.25) is 6.61 Å². The van der Waals surface area contributed by atoms with Crippen LogP contribution < -0.4 is 0 Å². The summed E-state index contributed by atoms with van der Waals surface area (Å²) in [5, 5.41) is 23.3. The van der Waals surface area contributed by atoms with Crippen LogP contribution in [0, 0.1) is 28.6 Å². The van der Waals surface area contributed by atoms with Gasteiger partial charge in [0.05, 0.1) is 11.8 Å². The maximum Gasteiger partial charge on any atom is 0.344 e. The number of hydrogen-bond donors (Lipinski definition) is 2. The van der Waals surface area contributed by atoms with Gasteiger partial charge in [-0.1, -0.05) is 24.6 Å². The molecule has 3 fully saturated rings. The van der Waals surface area contributed by atoms with E-state index in [9.17, 15) is 9.90 Å². The SMILES string of the molecule is C[C@]12CC[C@H]3[C@@H](CCC4=C/C(=N/OCC(=O)O)CC[C@@]43C)[C@@H]1CC[C@H]2O. The highest BCUT2D eigenvalue weighted by atomic mass is 16.6. The molecular formula is C21H31NO4. The molecule has 0 saturated heterocycles. The summed E-state index contributed by atoms with van der Waals surface area (Å²) in [4.78, 5) is 15.5. The molecule has 4 aliphatic carbocycles. The summed E-state index contributed by atoms with van der Waals surface area (Å²) in [5.41, 5.74) is 2.72. The van der Waals surface area contributed by atoms with Gasteiger partial charge in [0.15, 0.2) is 0 Å². The lowest BCUT2D eigenvalue weighted by Crippen LogP contribution is -2.51. The van der Waals surface area contributed by atoms with E-state index in [1.165, 1.54) is 24.8 Å². The van der Waals surface area contributed by atoms with E-state index in [-0.39, 0.29) is 23.5 Å². The smallest absolute Gasteiger partial charge is 0.344 e. The summed E-state index contributed by atoms with van der Waals surface area (Å²) in [6.45, 7) is 4.38. The van der Waals surface area contributed by atoms with Crippen molar-refractivity contribution in [3.8, 4) is 0 Å². The Balaban J connectivity index is 1.55. The Morgan fingerprint density at radius 1 is 1.19 bits per heavy atom. The van der Waals surface area contributed by atoms with Gasteiger partial charge in [0, 0.05) is 0 Å². The van der Waals surface area contributed by atoms with Crippen LogP contribution in [0.2, 0.25) is 0 Å². The molecule has 3 saturated carbocycles. The van der Waals surface area contributed by atoms with E-state index in [1.54, 1.807) is 0 Å². The molecular weight excluding hydrogens is 330 g/mol. The first-order chi connectivity index (χ1) is 12.3. The molecule has 26 heavy (non-hydrogen) atoms. The zero-order chi connectivity index (χ0) is 18.5. The first-order valence-electron chi connectivity index (χ1n) is 10.1. The number of aliphatic hydroxyl groups excluding tert-OH is 1. The molecule has 6 atom stereocenters. The van der Waals surface area contributed by atoms with Crippen LogP contribution >= 0.6 is 0 Å². The lowest BCUT2D eigenvalue weighted by atomic mass is 9.47. The normalized spacial score (nSPS) is 46.1. The van der Waals surface area contributed by atoms with Gasteiger partial charge in [-0.25, -0.2) is 4.79 Å². The number of hydrogen-bond acceptors (Lipinski definition) is 4. The fourth-order valence-electron chi connectivity index (χ4n) is 6.79. The van der Waals surface area contributed by atoms with E-state index in [0.29, 0.717) is 11.8 Å². The van der Waals surface area contributed by atoms with E-state index in [4.69, 9.17) is 9.94 Å². The van der Waals surface area contributed by atoms with Crippen LogP contribution in [0.15, 0.2) is 16.8 Å². The number of fused-ring (bicyclic) bond motifs is 5. The van der Waals surface area contributed by atoms with Crippen LogP contribution in [-0.4, -0.2) is 34.6 Å². The minimum atomic E-state index is -0.993. The van der Waals surface area contributed by atoms with Gasteiger partial charge in [-0.05, 0) is 86.0 Å². The monoisotopic (exact) mass is 361 g/mol. The highest BCUT2D eigenvalue weighted by Crippen LogP contribution is 2.65. The molecule has 0 aromatic rings. The lowest BCUT2D eigenvalue weighted by molar-refractivity contribution is -0.142. The standard InChI is InChI=1S/C21H31NO4/c1-20-9-7-14(22-26-12-19(24)25)11-13(20)3-4-15-16-5-6-18(23)21(16,2)10-8-17(15)20/h11,15-18,23H,3-10,12H2,1-2H3,(H,24,25)/b22-14+/t15-,16-,17-,18+,20-,21-/m0/s1. The summed E-state index contributed by atoms with van der Waals surface area (Å²) in [7, 11) is 0. The van der Waals surface area contributed by atoms with Crippen molar-refractivity contribution in [3.63, 3.8) is 0 Å². The van der Waals surface area contributed by atoms with Crippen LogP contribution in [0.25, 0.3) is 0 Å². The molecule has 4 aliphatic rings. The van der Waals surface area contributed by atoms with E-state index in [2.05, 4.69) is 25.1 Å². The number of carbonyl (C=O) groups is 1. The minimum absolute atomic E-state index is 0.116. The Morgan fingerprint density at radius 3 is 2.77 bits per heavy atom. The van der Waals surface area contributed by atoms with E-state index >= 15 is 0 Å². The molecule has 2 N–H and O–H groups in total. The lowest BCUT2D eigenvalue weighted by Gasteiger charge is -2.57. The van der Waals surface area contributed by atoms with Gasteiger partial charge < -0.3 is 15.1 Å². The van der Waals surface area contributed by atoms with Gasteiger partial charge >= 0.3 is 5.97 Å². The van der Waals surface area contributed by atoms with Crippen LogP contribution in [-0.2, 0) is 9.63 Å². The van der Waals surface area contributed by atoms with Crippen molar-refractivity contribution in [2.75, 3.05) is 6.61 Å². The van der Waals surface area contributed by atoms with E-state index < -0.39 is 5.97 Å². The average Bonchev–Trinajstić information content (AvgIpc) is 2.90. The third-order valence-electron chi connectivity index (χ3n) is 8.30. The van der Waals surface area contributed by atoms with E-state index in [0.717, 1.165) is 43.7 Å².